The molecule has 0 aliphatic carbocycles. The van der Waals surface area contributed by atoms with Gasteiger partial charge in [0, 0.05) is 24.4 Å². The summed E-state index contributed by atoms with van der Waals surface area (Å²) in [6.45, 7) is 2.62. The summed E-state index contributed by atoms with van der Waals surface area (Å²) in [5, 5.41) is 0.130. The number of amides is 1. The quantitative estimate of drug-likeness (QED) is 0.634. The van der Waals surface area contributed by atoms with Gasteiger partial charge in [0.25, 0.3) is 0 Å². The van der Waals surface area contributed by atoms with Crippen LogP contribution in [0.25, 0.3) is 0 Å². The molecule has 0 radical (unpaired) electrons. The summed E-state index contributed by atoms with van der Waals surface area (Å²) in [6.07, 6.45) is 2.27. The zero-order chi connectivity index (χ0) is 11.0. The molecule has 1 saturated heterocycles. The van der Waals surface area contributed by atoms with E-state index in [1.54, 1.807) is 11.1 Å². The molecule has 0 bridgehead atoms. The Morgan fingerprint density at radius 3 is 3.00 bits per heavy atom. The third-order valence-electron chi connectivity index (χ3n) is 2.35. The van der Waals surface area contributed by atoms with Crippen LogP contribution in [0.5, 0.6) is 0 Å². The number of anilines is 1. The second-order valence-electron chi connectivity index (χ2n) is 3.68. The van der Waals surface area contributed by atoms with Crippen molar-refractivity contribution in [2.24, 2.45) is 0 Å². The first-order valence-electron chi connectivity index (χ1n) is 4.68. The molecular formula is C10H11BrN2OS. The summed E-state index contributed by atoms with van der Waals surface area (Å²) >= 11 is 7.68. The number of carbonyl (C=O) groups excluding carboxylic acids is 1. The molecule has 15 heavy (non-hydrogen) atoms. The zero-order valence-electron chi connectivity index (χ0n) is 8.27. The van der Waals surface area contributed by atoms with E-state index >= 15 is 0 Å². The van der Waals surface area contributed by atoms with E-state index in [1.165, 1.54) is 0 Å². The molecule has 1 atom stereocenters. The van der Waals surface area contributed by atoms with Crippen molar-refractivity contribution in [3.8, 4) is 0 Å². The minimum absolute atomic E-state index is 0.114. The number of nitrogens with zero attached hydrogens (tertiary/aromatic N) is 2. The number of carbonyl (C=O) groups is 1. The molecule has 2 heterocycles. The molecule has 1 amide bonds. The summed E-state index contributed by atoms with van der Waals surface area (Å²) in [7, 11) is 0. The molecule has 2 rings (SSSR count). The fourth-order valence-corrected chi connectivity index (χ4v) is 2.40. The normalized spacial score (nSPS) is 21.1. The van der Waals surface area contributed by atoms with E-state index in [0.29, 0.717) is 17.6 Å². The van der Waals surface area contributed by atoms with Crippen LogP contribution in [-0.4, -0.2) is 22.7 Å². The SMILES string of the molecule is Cc1cnc(Br)c(N2CC(S)CC2=O)c1. The molecule has 1 unspecified atom stereocenters. The highest BCUT2D eigenvalue weighted by molar-refractivity contribution is 9.10. The smallest absolute Gasteiger partial charge is 0.228 e. The fraction of sp³-hybridized carbons (Fsp3) is 0.400. The van der Waals surface area contributed by atoms with Crippen LogP contribution in [0, 0.1) is 6.92 Å². The minimum Gasteiger partial charge on any atom is -0.309 e. The Hall–Kier alpha value is -0.550. The van der Waals surface area contributed by atoms with Crippen LogP contribution < -0.4 is 4.90 Å². The molecule has 0 aromatic carbocycles. The van der Waals surface area contributed by atoms with Crippen molar-refractivity contribution >= 4 is 40.2 Å². The second kappa shape index (κ2) is 4.14. The van der Waals surface area contributed by atoms with Crippen LogP contribution >= 0.6 is 28.6 Å². The van der Waals surface area contributed by atoms with Gasteiger partial charge in [0.15, 0.2) is 0 Å². The molecule has 80 valence electrons. The van der Waals surface area contributed by atoms with E-state index in [0.717, 1.165) is 11.3 Å². The van der Waals surface area contributed by atoms with E-state index in [9.17, 15) is 4.79 Å². The van der Waals surface area contributed by atoms with Crippen molar-refractivity contribution in [1.82, 2.24) is 4.98 Å². The van der Waals surface area contributed by atoms with Gasteiger partial charge in [0.2, 0.25) is 5.91 Å². The number of thiol groups is 1. The summed E-state index contributed by atoms with van der Waals surface area (Å²) in [5.41, 5.74) is 1.89. The van der Waals surface area contributed by atoms with E-state index < -0.39 is 0 Å². The summed E-state index contributed by atoms with van der Waals surface area (Å²) in [4.78, 5) is 17.6. The zero-order valence-corrected chi connectivity index (χ0v) is 10.8. The maximum absolute atomic E-state index is 11.7. The van der Waals surface area contributed by atoms with Crippen LogP contribution in [0.3, 0.4) is 0 Å². The van der Waals surface area contributed by atoms with Crippen LogP contribution in [-0.2, 0) is 4.79 Å². The number of hydrogen-bond acceptors (Lipinski definition) is 3. The van der Waals surface area contributed by atoms with Gasteiger partial charge in [-0.05, 0) is 34.5 Å². The van der Waals surface area contributed by atoms with Gasteiger partial charge in [-0.25, -0.2) is 4.98 Å². The first-order chi connectivity index (χ1) is 7.08. The Labute approximate surface area is 102 Å². The topological polar surface area (TPSA) is 33.2 Å². The first-order valence-corrected chi connectivity index (χ1v) is 5.99. The standard InChI is InChI=1S/C10H11BrN2OS/c1-6-2-8(10(11)12-4-6)13-5-7(15)3-9(13)14/h2,4,7,15H,3,5H2,1H3. The number of hydrogen-bond donors (Lipinski definition) is 1. The lowest BCUT2D eigenvalue weighted by Crippen LogP contribution is -2.25. The van der Waals surface area contributed by atoms with Crippen LogP contribution in [0.4, 0.5) is 5.69 Å². The lowest BCUT2D eigenvalue weighted by Gasteiger charge is -2.17. The highest BCUT2D eigenvalue weighted by Gasteiger charge is 2.29. The van der Waals surface area contributed by atoms with Gasteiger partial charge >= 0.3 is 0 Å². The maximum Gasteiger partial charge on any atom is 0.228 e. The molecule has 1 aliphatic heterocycles. The Morgan fingerprint density at radius 1 is 1.67 bits per heavy atom. The van der Waals surface area contributed by atoms with Gasteiger partial charge in [0.1, 0.15) is 4.60 Å². The predicted octanol–water partition coefficient (Wildman–Crippen LogP) is 2.19. The average Bonchev–Trinajstić information content (AvgIpc) is 2.50. The van der Waals surface area contributed by atoms with Crippen molar-refractivity contribution in [2.75, 3.05) is 11.4 Å². The number of rotatable bonds is 1. The predicted molar refractivity (Wildman–Crippen MR) is 66.4 cm³/mol. The lowest BCUT2D eigenvalue weighted by molar-refractivity contribution is -0.117. The third kappa shape index (κ3) is 2.18. The molecule has 0 spiro atoms. The Morgan fingerprint density at radius 2 is 2.40 bits per heavy atom. The number of pyridine rings is 1. The van der Waals surface area contributed by atoms with Gasteiger partial charge in [0.05, 0.1) is 5.69 Å². The van der Waals surface area contributed by atoms with Crippen molar-refractivity contribution in [2.45, 2.75) is 18.6 Å². The molecule has 5 heteroatoms. The van der Waals surface area contributed by atoms with E-state index in [-0.39, 0.29) is 11.2 Å². The van der Waals surface area contributed by atoms with Gasteiger partial charge in [-0.15, -0.1) is 0 Å². The summed E-state index contributed by atoms with van der Waals surface area (Å²) in [6, 6.07) is 1.96. The molecule has 0 N–H and O–H groups in total. The van der Waals surface area contributed by atoms with Gasteiger partial charge < -0.3 is 4.90 Å². The fourth-order valence-electron chi connectivity index (χ4n) is 1.65. The highest BCUT2D eigenvalue weighted by Crippen LogP contribution is 2.29. The summed E-state index contributed by atoms with van der Waals surface area (Å²) in [5.74, 6) is 0.114. The largest absolute Gasteiger partial charge is 0.309 e. The van der Waals surface area contributed by atoms with Crippen molar-refractivity contribution in [1.29, 1.82) is 0 Å². The number of aryl methyl sites for hydroxylation is 1. The Kier molecular flexibility index (Phi) is 3.02. The van der Waals surface area contributed by atoms with E-state index in [1.807, 2.05) is 13.0 Å². The van der Waals surface area contributed by atoms with Crippen LogP contribution in [0.2, 0.25) is 0 Å². The van der Waals surface area contributed by atoms with Crippen molar-refractivity contribution in [3.63, 3.8) is 0 Å². The molecule has 3 nitrogen and oxygen atoms in total. The Balaban J connectivity index is 2.37. The molecule has 1 fully saturated rings. The number of aromatic nitrogens is 1. The first kappa shape index (κ1) is 11.0. The van der Waals surface area contributed by atoms with Gasteiger partial charge in [-0.3, -0.25) is 4.79 Å². The van der Waals surface area contributed by atoms with Gasteiger partial charge in [-0.1, -0.05) is 0 Å². The highest BCUT2D eigenvalue weighted by atomic mass is 79.9. The average molecular weight is 287 g/mol. The molecule has 1 aromatic heterocycles. The van der Waals surface area contributed by atoms with Crippen molar-refractivity contribution in [3.05, 3.63) is 22.4 Å². The third-order valence-corrected chi connectivity index (χ3v) is 3.31. The minimum atomic E-state index is 0.114. The van der Waals surface area contributed by atoms with Crippen molar-refractivity contribution < 1.29 is 4.79 Å². The Bertz CT molecular complexity index is 410. The van der Waals surface area contributed by atoms with E-state index in [4.69, 9.17) is 0 Å². The second-order valence-corrected chi connectivity index (χ2v) is 5.17. The molecule has 1 aromatic rings. The summed E-state index contributed by atoms with van der Waals surface area (Å²) < 4.78 is 0.712. The van der Waals surface area contributed by atoms with Crippen LogP contribution in [0.1, 0.15) is 12.0 Å². The molecule has 1 aliphatic rings. The molecular weight excluding hydrogens is 276 g/mol. The lowest BCUT2D eigenvalue weighted by atomic mass is 10.3. The molecule has 0 saturated carbocycles. The van der Waals surface area contributed by atoms with E-state index in [2.05, 4.69) is 33.5 Å². The monoisotopic (exact) mass is 286 g/mol. The number of halogens is 1. The van der Waals surface area contributed by atoms with Gasteiger partial charge in [-0.2, -0.15) is 12.6 Å². The van der Waals surface area contributed by atoms with Crippen LogP contribution in [0.15, 0.2) is 16.9 Å². The maximum atomic E-state index is 11.7.